The van der Waals surface area contributed by atoms with E-state index in [2.05, 4.69) is 37.2 Å². The molecule has 0 spiro atoms. The van der Waals surface area contributed by atoms with Gasteiger partial charge in [-0.15, -0.1) is 0 Å². The molecule has 0 bridgehead atoms. The molecule has 1 saturated carbocycles. The first-order valence-electron chi connectivity index (χ1n) is 9.53. The van der Waals surface area contributed by atoms with E-state index in [0.717, 1.165) is 4.90 Å². The van der Waals surface area contributed by atoms with Gasteiger partial charge < -0.3 is 14.8 Å². The molecule has 0 aromatic heterocycles. The molecule has 3 amide bonds. The maximum absolute atomic E-state index is 12.6. The second-order valence-corrected chi connectivity index (χ2v) is 9.68. The van der Waals surface area contributed by atoms with Gasteiger partial charge in [0.1, 0.15) is 18.0 Å². The molecule has 4 atom stereocenters. The molecule has 0 radical (unpaired) electrons. The molecule has 2 aliphatic rings. The molecule has 1 heterocycles. The lowest BCUT2D eigenvalue weighted by atomic mass is 9.81. The minimum Gasteiger partial charge on any atom is -0.497 e. The van der Waals surface area contributed by atoms with E-state index in [-0.39, 0.29) is 26.8 Å². The van der Waals surface area contributed by atoms with E-state index in [4.69, 9.17) is 9.47 Å². The fourth-order valence-corrected chi connectivity index (χ4v) is 4.97. The number of alkyl halides is 2. The number of rotatable bonds is 7. The Labute approximate surface area is 199 Å². The van der Waals surface area contributed by atoms with E-state index in [9.17, 15) is 29.3 Å². The lowest BCUT2D eigenvalue weighted by Crippen LogP contribution is -2.37. The topological polar surface area (TPSA) is 145 Å². The number of carbonyl (C=O) groups excluding carboxylic acids is 4. The number of hydrogen-bond acceptors (Lipinski definition) is 8. The van der Waals surface area contributed by atoms with Gasteiger partial charge in [0.15, 0.2) is 6.61 Å². The molecule has 3 rings (SSSR count). The molecule has 0 unspecified atom stereocenters. The van der Waals surface area contributed by atoms with Crippen molar-refractivity contribution in [2.24, 2.45) is 11.8 Å². The Kier molecular flexibility index (Phi) is 7.49. The molecule has 1 aromatic rings. The number of nitro benzene ring substituents is 1. The van der Waals surface area contributed by atoms with E-state index in [1.165, 1.54) is 25.3 Å². The summed E-state index contributed by atoms with van der Waals surface area (Å²) in [5.41, 5.74) is -0.491. The standard InChI is InChI=1S/C19H19Br2N3O8/c1-31-9-2-3-15(24(29)30)14(4-9)22-16(25)8-32-17(26)7-23-18(27)10-5-12(20)13(21)6-11(10)19(23)28/h2-4,10-13H,5-8H2,1H3,(H,22,25)/t10-,11-,12+,13+/m1/s1. The van der Waals surface area contributed by atoms with Crippen molar-refractivity contribution in [2.75, 3.05) is 25.6 Å². The third kappa shape index (κ3) is 5.09. The molecule has 1 saturated heterocycles. The van der Waals surface area contributed by atoms with Gasteiger partial charge in [0.05, 0.1) is 23.9 Å². The van der Waals surface area contributed by atoms with Crippen molar-refractivity contribution < 1.29 is 33.6 Å². The maximum atomic E-state index is 12.6. The molecular weight excluding hydrogens is 558 g/mol. The molecule has 172 valence electrons. The predicted molar refractivity (Wildman–Crippen MR) is 118 cm³/mol. The normalized spacial score (nSPS) is 24.7. The molecule has 2 fully saturated rings. The van der Waals surface area contributed by atoms with Crippen LogP contribution in [-0.2, 0) is 23.9 Å². The van der Waals surface area contributed by atoms with E-state index < -0.39 is 53.6 Å². The Bertz CT molecular complexity index is 944. The predicted octanol–water partition coefficient (Wildman–Crippen LogP) is 2.01. The number of halogens is 2. The number of methoxy groups -OCH3 is 1. The Morgan fingerprint density at radius 2 is 1.78 bits per heavy atom. The van der Waals surface area contributed by atoms with Crippen LogP contribution in [0, 0.1) is 22.0 Å². The van der Waals surface area contributed by atoms with Crippen LogP contribution >= 0.6 is 31.9 Å². The number of likely N-dealkylation sites (tertiary alicyclic amines) is 1. The largest absolute Gasteiger partial charge is 0.497 e. The fraction of sp³-hybridized carbons (Fsp3) is 0.474. The minimum atomic E-state index is -0.938. The number of hydrogen-bond donors (Lipinski definition) is 1. The summed E-state index contributed by atoms with van der Waals surface area (Å²) in [7, 11) is 1.36. The Morgan fingerprint density at radius 1 is 1.19 bits per heavy atom. The van der Waals surface area contributed by atoms with Crippen LogP contribution in [-0.4, -0.2) is 63.4 Å². The number of anilines is 1. The molecule has 11 nitrogen and oxygen atoms in total. The van der Waals surface area contributed by atoms with Crippen molar-refractivity contribution in [3.63, 3.8) is 0 Å². The summed E-state index contributed by atoms with van der Waals surface area (Å²) in [6.07, 6.45) is 0.941. The van der Waals surface area contributed by atoms with Crippen LogP contribution in [0.25, 0.3) is 0 Å². The second-order valence-electron chi connectivity index (χ2n) is 7.33. The summed E-state index contributed by atoms with van der Waals surface area (Å²) in [5.74, 6) is -3.34. The van der Waals surface area contributed by atoms with Crippen molar-refractivity contribution in [1.82, 2.24) is 4.90 Å². The van der Waals surface area contributed by atoms with Gasteiger partial charge >= 0.3 is 5.97 Å². The molecule has 1 aliphatic heterocycles. The van der Waals surface area contributed by atoms with Crippen molar-refractivity contribution >= 4 is 66.9 Å². The van der Waals surface area contributed by atoms with Gasteiger partial charge in [-0.25, -0.2) is 0 Å². The van der Waals surface area contributed by atoms with Gasteiger partial charge in [0.2, 0.25) is 11.8 Å². The Hall–Kier alpha value is -2.54. The van der Waals surface area contributed by atoms with Crippen LogP contribution in [0.15, 0.2) is 18.2 Å². The first-order valence-corrected chi connectivity index (χ1v) is 11.4. The van der Waals surface area contributed by atoms with Crippen molar-refractivity contribution in [1.29, 1.82) is 0 Å². The average Bonchev–Trinajstić information content (AvgIpc) is 2.96. The van der Waals surface area contributed by atoms with Crippen LogP contribution in [0.1, 0.15) is 12.8 Å². The van der Waals surface area contributed by atoms with Gasteiger partial charge in [-0.1, -0.05) is 31.9 Å². The van der Waals surface area contributed by atoms with Gasteiger partial charge in [-0.05, 0) is 18.9 Å². The number of ether oxygens (including phenoxy) is 2. The highest BCUT2D eigenvalue weighted by atomic mass is 79.9. The number of benzene rings is 1. The summed E-state index contributed by atoms with van der Waals surface area (Å²) in [5, 5.41) is 13.4. The van der Waals surface area contributed by atoms with E-state index in [0.29, 0.717) is 12.8 Å². The first-order chi connectivity index (χ1) is 15.1. The Balaban J connectivity index is 1.56. The zero-order valence-electron chi connectivity index (χ0n) is 16.8. The maximum Gasteiger partial charge on any atom is 0.326 e. The summed E-state index contributed by atoms with van der Waals surface area (Å²) < 4.78 is 9.85. The average molecular weight is 577 g/mol. The highest BCUT2D eigenvalue weighted by Gasteiger charge is 2.52. The van der Waals surface area contributed by atoms with Gasteiger partial charge in [-0.3, -0.25) is 34.2 Å². The third-order valence-corrected chi connectivity index (χ3v) is 8.06. The van der Waals surface area contributed by atoms with Crippen LogP contribution in [0.4, 0.5) is 11.4 Å². The number of amides is 3. The highest BCUT2D eigenvalue weighted by Crippen LogP contribution is 2.43. The van der Waals surface area contributed by atoms with E-state index in [1.807, 2.05) is 0 Å². The number of nitrogens with zero attached hydrogens (tertiary/aromatic N) is 2. The summed E-state index contributed by atoms with van der Waals surface area (Å²) in [4.78, 5) is 60.8. The SMILES string of the molecule is COc1ccc([N+](=O)[O-])c(NC(=O)COC(=O)CN2C(=O)[C@@H]3C[C@H](Br)[C@@H](Br)C[C@H]3C2=O)c1. The van der Waals surface area contributed by atoms with Crippen LogP contribution in [0.5, 0.6) is 5.75 Å². The van der Waals surface area contributed by atoms with E-state index >= 15 is 0 Å². The molecule has 32 heavy (non-hydrogen) atoms. The minimum absolute atomic E-state index is 0.0387. The zero-order chi connectivity index (χ0) is 23.6. The van der Waals surface area contributed by atoms with Crippen LogP contribution in [0.3, 0.4) is 0 Å². The molecule has 1 aromatic carbocycles. The fourth-order valence-electron chi connectivity index (χ4n) is 3.73. The molecular formula is C19H19Br2N3O8. The van der Waals surface area contributed by atoms with Gasteiger partial charge in [0.25, 0.3) is 11.6 Å². The number of esters is 1. The monoisotopic (exact) mass is 575 g/mol. The smallest absolute Gasteiger partial charge is 0.326 e. The Morgan fingerprint density at radius 3 is 2.31 bits per heavy atom. The van der Waals surface area contributed by atoms with Gasteiger partial charge in [0, 0.05) is 21.8 Å². The number of imide groups is 1. The number of nitro groups is 1. The van der Waals surface area contributed by atoms with Crippen molar-refractivity contribution in [2.45, 2.75) is 22.5 Å². The van der Waals surface area contributed by atoms with Crippen molar-refractivity contribution in [3.8, 4) is 5.75 Å². The molecule has 1 aliphatic carbocycles. The number of fused-ring (bicyclic) bond motifs is 1. The molecule has 1 N–H and O–H groups in total. The number of nitrogens with one attached hydrogen (secondary N) is 1. The van der Waals surface area contributed by atoms with Gasteiger partial charge in [-0.2, -0.15) is 0 Å². The summed E-state index contributed by atoms with van der Waals surface area (Å²) in [6, 6.07) is 3.79. The quantitative estimate of drug-likeness (QED) is 0.170. The second kappa shape index (κ2) is 9.94. The molecule has 13 heteroatoms. The number of carbonyl (C=O) groups is 4. The highest BCUT2D eigenvalue weighted by molar-refractivity contribution is 9.12. The summed E-state index contributed by atoms with van der Waals surface area (Å²) in [6.45, 7) is -1.35. The first kappa shape index (κ1) is 24.1. The van der Waals surface area contributed by atoms with Crippen molar-refractivity contribution in [3.05, 3.63) is 28.3 Å². The lowest BCUT2D eigenvalue weighted by molar-refractivity contribution is -0.383. The zero-order valence-corrected chi connectivity index (χ0v) is 20.0. The summed E-state index contributed by atoms with van der Waals surface area (Å²) >= 11 is 6.97. The van der Waals surface area contributed by atoms with Crippen LogP contribution < -0.4 is 10.1 Å². The lowest BCUT2D eigenvalue weighted by Gasteiger charge is -2.29. The van der Waals surface area contributed by atoms with Crippen LogP contribution in [0.2, 0.25) is 0 Å². The van der Waals surface area contributed by atoms with E-state index in [1.54, 1.807) is 0 Å². The third-order valence-electron chi connectivity index (χ3n) is 5.33.